The highest BCUT2D eigenvalue weighted by Crippen LogP contribution is 2.20. The van der Waals surface area contributed by atoms with Crippen LogP contribution in [0.3, 0.4) is 0 Å². The van der Waals surface area contributed by atoms with E-state index in [-0.39, 0.29) is 37.7 Å². The standard InChI is InChI=1S/C26H32N4O9.H2O/c31-22(32)12-19(25(35)36)21-14-27-8-11-30(21)20(26(37)38)13-23(33)39-24(34)15-28-18-6-9-29(10-7-18)16-17-4-2-1-3-5-17;/h1-5,12-13,18,21,27-28H,6-11,14-16H2,(H,31,32)(H,35,36)(H,37,38);1H2/b19-12-,20-13+;. The minimum absolute atomic E-state index is 0. The second-order valence-corrected chi connectivity index (χ2v) is 9.20. The van der Waals surface area contributed by atoms with E-state index < -0.39 is 47.2 Å². The van der Waals surface area contributed by atoms with Gasteiger partial charge in [-0.2, -0.15) is 0 Å². The number of piperazine rings is 1. The van der Waals surface area contributed by atoms with Crippen LogP contribution in [0.25, 0.3) is 0 Å². The Kier molecular flexibility index (Phi) is 12.4. The predicted molar refractivity (Wildman–Crippen MR) is 140 cm³/mol. The summed E-state index contributed by atoms with van der Waals surface area (Å²) in [7, 11) is 0. The van der Waals surface area contributed by atoms with E-state index in [1.165, 1.54) is 5.56 Å². The number of likely N-dealkylation sites (tertiary alicyclic amines) is 1. The molecule has 1 aromatic rings. The molecule has 1 unspecified atom stereocenters. The predicted octanol–water partition coefficient (Wildman–Crippen LogP) is -1.18. The van der Waals surface area contributed by atoms with Gasteiger partial charge in [0.05, 0.1) is 24.2 Å². The number of ether oxygens (including phenoxy) is 1. The highest BCUT2D eigenvalue weighted by molar-refractivity contribution is 6.00. The number of carbonyl (C=O) groups excluding carboxylic acids is 2. The van der Waals surface area contributed by atoms with Crippen LogP contribution in [-0.2, 0) is 35.3 Å². The summed E-state index contributed by atoms with van der Waals surface area (Å²) in [5.74, 6) is -6.74. The molecule has 3 rings (SSSR count). The third-order valence-electron chi connectivity index (χ3n) is 6.50. The lowest BCUT2D eigenvalue weighted by Crippen LogP contribution is -2.53. The fourth-order valence-electron chi connectivity index (χ4n) is 4.63. The first-order chi connectivity index (χ1) is 18.6. The summed E-state index contributed by atoms with van der Waals surface area (Å²) >= 11 is 0. The maximum Gasteiger partial charge on any atom is 0.352 e. The molecule has 40 heavy (non-hydrogen) atoms. The average molecular weight is 563 g/mol. The molecule has 14 nitrogen and oxygen atoms in total. The maximum atomic E-state index is 12.4. The quantitative estimate of drug-likeness (QED) is 0.122. The summed E-state index contributed by atoms with van der Waals surface area (Å²) in [4.78, 5) is 62.7. The SMILES string of the molecule is O.O=C(O)/C=C(\C(=O)O)C1CNCCN1/C(=C/C(=O)OC(=O)CNC1CCN(Cc2ccccc2)CC1)C(=O)O. The number of hydrogen-bond acceptors (Lipinski definition) is 10. The molecule has 1 aromatic carbocycles. The maximum absolute atomic E-state index is 12.4. The second-order valence-electron chi connectivity index (χ2n) is 9.20. The van der Waals surface area contributed by atoms with Gasteiger partial charge in [-0.1, -0.05) is 30.3 Å². The molecular weight excluding hydrogens is 528 g/mol. The van der Waals surface area contributed by atoms with E-state index >= 15 is 0 Å². The number of carboxylic acids is 3. The molecule has 2 heterocycles. The minimum atomic E-state index is -1.56. The minimum Gasteiger partial charge on any atom is -0.478 e. The van der Waals surface area contributed by atoms with Crippen LogP contribution in [-0.4, -0.2) is 112 Å². The zero-order valence-corrected chi connectivity index (χ0v) is 21.7. The molecule has 7 N–H and O–H groups in total. The van der Waals surface area contributed by atoms with E-state index in [0.29, 0.717) is 12.2 Å². The molecule has 0 aliphatic carbocycles. The Morgan fingerprint density at radius 3 is 2.25 bits per heavy atom. The molecule has 0 bridgehead atoms. The first-order valence-corrected chi connectivity index (χ1v) is 12.5. The number of piperidine rings is 1. The van der Waals surface area contributed by atoms with Gasteiger partial charge in [0.2, 0.25) is 0 Å². The summed E-state index contributed by atoms with van der Waals surface area (Å²) in [6.45, 7) is 2.43. The van der Waals surface area contributed by atoms with Gasteiger partial charge in [0, 0.05) is 38.3 Å². The smallest absolute Gasteiger partial charge is 0.352 e. The van der Waals surface area contributed by atoms with Gasteiger partial charge in [-0.15, -0.1) is 0 Å². The molecule has 2 saturated heterocycles. The van der Waals surface area contributed by atoms with Crippen LogP contribution in [0, 0.1) is 0 Å². The monoisotopic (exact) mass is 562 g/mol. The third kappa shape index (κ3) is 9.57. The number of carboxylic acid groups (broad SMARTS) is 3. The van der Waals surface area contributed by atoms with E-state index in [0.717, 1.165) is 37.4 Å². The number of hydrogen-bond donors (Lipinski definition) is 5. The van der Waals surface area contributed by atoms with Gasteiger partial charge in [-0.05, 0) is 31.5 Å². The van der Waals surface area contributed by atoms with Crippen molar-refractivity contribution < 1.29 is 49.5 Å². The molecule has 0 saturated carbocycles. The summed E-state index contributed by atoms with van der Waals surface area (Å²) in [6.07, 6.45) is 2.68. The molecule has 0 radical (unpaired) electrons. The van der Waals surface area contributed by atoms with Gasteiger partial charge in [0.15, 0.2) is 0 Å². The Labute approximate surface area is 230 Å². The number of carbonyl (C=O) groups is 5. The van der Waals surface area contributed by atoms with Crippen LogP contribution < -0.4 is 10.6 Å². The Bertz CT molecular complexity index is 1130. The van der Waals surface area contributed by atoms with E-state index in [1.807, 2.05) is 18.2 Å². The van der Waals surface area contributed by atoms with Crippen molar-refractivity contribution in [2.75, 3.05) is 39.3 Å². The fraction of sp³-hybridized carbons (Fsp3) is 0.423. The lowest BCUT2D eigenvalue weighted by molar-refractivity contribution is -0.156. The third-order valence-corrected chi connectivity index (χ3v) is 6.50. The van der Waals surface area contributed by atoms with E-state index in [9.17, 15) is 34.2 Å². The largest absolute Gasteiger partial charge is 0.478 e. The van der Waals surface area contributed by atoms with E-state index in [4.69, 9.17) is 9.84 Å². The van der Waals surface area contributed by atoms with Crippen molar-refractivity contribution in [3.05, 3.63) is 59.3 Å². The van der Waals surface area contributed by atoms with Gasteiger partial charge >= 0.3 is 29.8 Å². The number of nitrogens with zero attached hydrogens (tertiary/aromatic N) is 2. The number of aliphatic carboxylic acids is 3. The van der Waals surface area contributed by atoms with Crippen LogP contribution >= 0.6 is 0 Å². The first kappa shape index (κ1) is 32.1. The van der Waals surface area contributed by atoms with Crippen LogP contribution in [0.15, 0.2) is 53.8 Å². The highest BCUT2D eigenvalue weighted by atomic mass is 16.6. The number of esters is 2. The topological polar surface area (TPSA) is 217 Å². The van der Waals surface area contributed by atoms with Crippen LogP contribution in [0.1, 0.15) is 18.4 Å². The summed E-state index contributed by atoms with van der Waals surface area (Å²) < 4.78 is 4.76. The van der Waals surface area contributed by atoms with Crippen molar-refractivity contribution in [3.8, 4) is 0 Å². The Hall–Kier alpha value is -4.11. The molecule has 2 aliphatic rings. The molecule has 0 amide bonds. The lowest BCUT2D eigenvalue weighted by Gasteiger charge is -2.38. The Morgan fingerprint density at radius 2 is 1.65 bits per heavy atom. The molecule has 2 fully saturated rings. The van der Waals surface area contributed by atoms with Crippen molar-refractivity contribution in [1.29, 1.82) is 0 Å². The Morgan fingerprint density at radius 1 is 0.975 bits per heavy atom. The van der Waals surface area contributed by atoms with Crippen molar-refractivity contribution in [2.45, 2.75) is 31.5 Å². The van der Waals surface area contributed by atoms with Crippen molar-refractivity contribution in [3.63, 3.8) is 0 Å². The van der Waals surface area contributed by atoms with E-state index in [2.05, 4.69) is 27.7 Å². The second kappa shape index (κ2) is 15.5. The van der Waals surface area contributed by atoms with Crippen molar-refractivity contribution in [2.24, 2.45) is 0 Å². The van der Waals surface area contributed by atoms with Crippen LogP contribution in [0.4, 0.5) is 0 Å². The molecule has 1 atom stereocenters. The molecule has 0 spiro atoms. The number of rotatable bonds is 11. The number of nitrogens with one attached hydrogen (secondary N) is 2. The van der Waals surface area contributed by atoms with Gasteiger partial charge < -0.3 is 41.1 Å². The highest BCUT2D eigenvalue weighted by Gasteiger charge is 2.34. The average Bonchev–Trinajstić information content (AvgIpc) is 2.90. The fourth-order valence-corrected chi connectivity index (χ4v) is 4.63. The Balaban J connectivity index is 0.00000560. The van der Waals surface area contributed by atoms with E-state index in [1.54, 1.807) is 0 Å². The van der Waals surface area contributed by atoms with Crippen LogP contribution in [0.5, 0.6) is 0 Å². The van der Waals surface area contributed by atoms with Crippen molar-refractivity contribution in [1.82, 2.24) is 20.4 Å². The molecule has 2 aliphatic heterocycles. The number of benzene rings is 1. The molecular formula is C26H34N4O10. The molecule has 0 aromatic heterocycles. The zero-order chi connectivity index (χ0) is 28.4. The molecule has 14 heteroatoms. The lowest BCUT2D eigenvalue weighted by atomic mass is 10.0. The van der Waals surface area contributed by atoms with Crippen LogP contribution in [0.2, 0.25) is 0 Å². The van der Waals surface area contributed by atoms with Gasteiger partial charge in [-0.25, -0.2) is 19.2 Å². The zero-order valence-electron chi connectivity index (χ0n) is 21.7. The first-order valence-electron chi connectivity index (χ1n) is 12.5. The summed E-state index contributed by atoms with van der Waals surface area (Å²) in [6, 6.07) is 8.98. The summed E-state index contributed by atoms with van der Waals surface area (Å²) in [5, 5.41) is 34.1. The molecule has 218 valence electrons. The summed E-state index contributed by atoms with van der Waals surface area (Å²) in [5.41, 5.74) is 0.0462. The van der Waals surface area contributed by atoms with Gasteiger partial charge in [-0.3, -0.25) is 9.69 Å². The van der Waals surface area contributed by atoms with Gasteiger partial charge in [0.25, 0.3) is 0 Å². The van der Waals surface area contributed by atoms with Crippen molar-refractivity contribution >= 4 is 29.8 Å². The van der Waals surface area contributed by atoms with Gasteiger partial charge in [0.1, 0.15) is 5.70 Å². The normalized spacial score (nSPS) is 18.9.